The largest absolute Gasteiger partial charge is 0.339 e. The van der Waals surface area contributed by atoms with E-state index in [1.807, 2.05) is 11.8 Å². The molecule has 136 valence electrons. The van der Waals surface area contributed by atoms with Gasteiger partial charge in [-0.1, -0.05) is 32.8 Å². The summed E-state index contributed by atoms with van der Waals surface area (Å²) in [6.07, 6.45) is 3.62. The molecule has 0 bridgehead atoms. The minimum Gasteiger partial charge on any atom is -0.339 e. The van der Waals surface area contributed by atoms with E-state index in [0.29, 0.717) is 24.1 Å². The molecule has 1 saturated carbocycles. The van der Waals surface area contributed by atoms with E-state index in [0.717, 1.165) is 18.4 Å². The van der Waals surface area contributed by atoms with Crippen LogP contribution in [0.25, 0.3) is 0 Å². The minimum atomic E-state index is -0.380. The molecule has 3 rings (SSSR count). The summed E-state index contributed by atoms with van der Waals surface area (Å²) >= 11 is 0. The third-order valence-electron chi connectivity index (χ3n) is 6.05. The van der Waals surface area contributed by atoms with Crippen molar-refractivity contribution in [1.82, 2.24) is 4.90 Å². The SMILES string of the molecule is Cc1ccc(F)cc1NC(=O)[C@H]1CC(=O)N([C@@H]2CCC[C@H](C)[C@@H]2C)C1. The number of anilines is 1. The van der Waals surface area contributed by atoms with Gasteiger partial charge in [0.05, 0.1) is 5.92 Å². The van der Waals surface area contributed by atoms with E-state index in [2.05, 4.69) is 19.2 Å². The fourth-order valence-corrected chi connectivity index (χ4v) is 4.19. The van der Waals surface area contributed by atoms with Crippen LogP contribution in [0.4, 0.5) is 10.1 Å². The van der Waals surface area contributed by atoms with Crippen LogP contribution in [0.1, 0.15) is 45.1 Å². The average Bonchev–Trinajstić information content (AvgIpc) is 2.95. The van der Waals surface area contributed by atoms with Crippen LogP contribution in [0, 0.1) is 30.5 Å². The average molecular weight is 346 g/mol. The van der Waals surface area contributed by atoms with Crippen molar-refractivity contribution < 1.29 is 14.0 Å². The molecule has 2 aliphatic rings. The zero-order valence-corrected chi connectivity index (χ0v) is 15.2. The van der Waals surface area contributed by atoms with Crippen molar-refractivity contribution in [2.24, 2.45) is 17.8 Å². The maximum Gasteiger partial charge on any atom is 0.229 e. The van der Waals surface area contributed by atoms with Gasteiger partial charge in [0.15, 0.2) is 0 Å². The molecule has 0 spiro atoms. The van der Waals surface area contributed by atoms with Gasteiger partial charge in [0.2, 0.25) is 11.8 Å². The molecule has 4 atom stereocenters. The monoisotopic (exact) mass is 346 g/mol. The Morgan fingerprint density at radius 3 is 2.80 bits per heavy atom. The van der Waals surface area contributed by atoms with Gasteiger partial charge < -0.3 is 10.2 Å². The van der Waals surface area contributed by atoms with Crippen LogP contribution < -0.4 is 5.32 Å². The van der Waals surface area contributed by atoms with Crippen molar-refractivity contribution in [1.29, 1.82) is 0 Å². The quantitative estimate of drug-likeness (QED) is 0.906. The lowest BCUT2D eigenvalue weighted by atomic mass is 9.77. The van der Waals surface area contributed by atoms with Gasteiger partial charge in [0, 0.05) is 24.7 Å². The molecule has 1 saturated heterocycles. The number of amides is 2. The zero-order chi connectivity index (χ0) is 18.1. The molecule has 0 aromatic heterocycles. The third kappa shape index (κ3) is 3.70. The highest BCUT2D eigenvalue weighted by molar-refractivity contribution is 5.97. The second-order valence-electron chi connectivity index (χ2n) is 7.73. The molecule has 0 unspecified atom stereocenters. The first-order valence-corrected chi connectivity index (χ1v) is 9.23. The van der Waals surface area contributed by atoms with Gasteiger partial charge in [-0.05, 0) is 42.9 Å². The molecule has 0 radical (unpaired) electrons. The number of benzene rings is 1. The van der Waals surface area contributed by atoms with Crippen LogP contribution in [0.15, 0.2) is 18.2 Å². The highest BCUT2D eigenvalue weighted by Crippen LogP contribution is 2.36. The van der Waals surface area contributed by atoms with Gasteiger partial charge in [0.1, 0.15) is 5.82 Å². The highest BCUT2D eigenvalue weighted by atomic mass is 19.1. The van der Waals surface area contributed by atoms with Crippen LogP contribution in [0.3, 0.4) is 0 Å². The van der Waals surface area contributed by atoms with E-state index in [1.165, 1.54) is 18.6 Å². The summed E-state index contributed by atoms with van der Waals surface area (Å²) in [5.74, 6) is 0.206. The normalized spacial score (nSPS) is 29.8. The van der Waals surface area contributed by atoms with E-state index in [-0.39, 0.29) is 36.0 Å². The van der Waals surface area contributed by atoms with Crippen LogP contribution in [0.2, 0.25) is 0 Å². The molecule has 25 heavy (non-hydrogen) atoms. The number of hydrogen-bond acceptors (Lipinski definition) is 2. The molecule has 2 amide bonds. The topological polar surface area (TPSA) is 49.4 Å². The smallest absolute Gasteiger partial charge is 0.229 e. The molecule has 2 fully saturated rings. The Kier molecular flexibility index (Phi) is 5.11. The van der Waals surface area contributed by atoms with E-state index in [4.69, 9.17) is 0 Å². The molecule has 1 N–H and O–H groups in total. The second-order valence-corrected chi connectivity index (χ2v) is 7.73. The molecular weight excluding hydrogens is 319 g/mol. The van der Waals surface area contributed by atoms with Crippen molar-refractivity contribution in [3.8, 4) is 0 Å². The predicted molar refractivity (Wildman–Crippen MR) is 95.6 cm³/mol. The highest BCUT2D eigenvalue weighted by Gasteiger charge is 2.41. The summed E-state index contributed by atoms with van der Waals surface area (Å²) in [7, 11) is 0. The van der Waals surface area contributed by atoms with E-state index in [9.17, 15) is 14.0 Å². The number of aryl methyl sites for hydroxylation is 1. The Morgan fingerprint density at radius 2 is 2.04 bits per heavy atom. The predicted octanol–water partition coefficient (Wildman–Crippen LogP) is 3.75. The number of rotatable bonds is 3. The van der Waals surface area contributed by atoms with Crippen molar-refractivity contribution in [2.75, 3.05) is 11.9 Å². The maximum atomic E-state index is 13.4. The standard InChI is InChI=1S/C20H27FN2O2/c1-12-5-4-6-18(14(12)3)23-11-15(9-19(23)24)20(25)22-17-10-16(21)8-7-13(17)2/h7-8,10,12,14-15,18H,4-6,9,11H2,1-3H3,(H,22,25)/t12-,14-,15-,18+/m0/s1. The molecule has 5 heteroatoms. The molecular formula is C20H27FN2O2. The van der Waals surface area contributed by atoms with Crippen molar-refractivity contribution >= 4 is 17.5 Å². The summed E-state index contributed by atoms with van der Waals surface area (Å²) in [4.78, 5) is 27.0. The molecule has 1 aliphatic carbocycles. The number of likely N-dealkylation sites (tertiary alicyclic amines) is 1. The fourth-order valence-electron chi connectivity index (χ4n) is 4.19. The van der Waals surface area contributed by atoms with Crippen LogP contribution >= 0.6 is 0 Å². The Balaban J connectivity index is 1.67. The maximum absolute atomic E-state index is 13.4. The lowest BCUT2D eigenvalue weighted by Crippen LogP contribution is -2.45. The minimum absolute atomic E-state index is 0.0714. The van der Waals surface area contributed by atoms with Crippen LogP contribution in [0.5, 0.6) is 0 Å². The number of nitrogens with one attached hydrogen (secondary N) is 1. The summed E-state index contributed by atoms with van der Waals surface area (Å²) in [5, 5.41) is 2.80. The molecule has 1 heterocycles. The second kappa shape index (κ2) is 7.14. The first-order valence-electron chi connectivity index (χ1n) is 9.23. The lowest BCUT2D eigenvalue weighted by Gasteiger charge is -2.40. The summed E-state index contributed by atoms with van der Waals surface area (Å²) in [5.41, 5.74) is 1.29. The Labute approximate surface area is 148 Å². The fraction of sp³-hybridized carbons (Fsp3) is 0.600. The van der Waals surface area contributed by atoms with Gasteiger partial charge in [-0.2, -0.15) is 0 Å². The number of nitrogens with zero attached hydrogens (tertiary/aromatic N) is 1. The third-order valence-corrected chi connectivity index (χ3v) is 6.05. The first kappa shape index (κ1) is 17.9. The Bertz CT molecular complexity index is 676. The van der Waals surface area contributed by atoms with E-state index < -0.39 is 0 Å². The Hall–Kier alpha value is -1.91. The van der Waals surface area contributed by atoms with Crippen molar-refractivity contribution in [3.05, 3.63) is 29.6 Å². The van der Waals surface area contributed by atoms with E-state index >= 15 is 0 Å². The van der Waals surface area contributed by atoms with Crippen LogP contribution in [-0.2, 0) is 9.59 Å². The van der Waals surface area contributed by atoms with Gasteiger partial charge in [-0.3, -0.25) is 9.59 Å². The van der Waals surface area contributed by atoms with Gasteiger partial charge in [0.25, 0.3) is 0 Å². The summed E-state index contributed by atoms with van der Waals surface area (Å²) in [6, 6.07) is 4.58. The molecule has 1 aromatic rings. The van der Waals surface area contributed by atoms with Crippen molar-refractivity contribution in [3.63, 3.8) is 0 Å². The number of hydrogen-bond donors (Lipinski definition) is 1. The zero-order valence-electron chi connectivity index (χ0n) is 15.2. The van der Waals surface area contributed by atoms with Gasteiger partial charge >= 0.3 is 0 Å². The number of carbonyl (C=O) groups excluding carboxylic acids is 2. The van der Waals surface area contributed by atoms with Crippen LogP contribution in [-0.4, -0.2) is 29.3 Å². The van der Waals surface area contributed by atoms with E-state index in [1.54, 1.807) is 6.07 Å². The number of carbonyl (C=O) groups is 2. The molecule has 1 aliphatic heterocycles. The van der Waals surface area contributed by atoms with Gasteiger partial charge in [-0.15, -0.1) is 0 Å². The lowest BCUT2D eigenvalue weighted by molar-refractivity contribution is -0.131. The Morgan fingerprint density at radius 1 is 1.28 bits per heavy atom. The number of halogens is 1. The summed E-state index contributed by atoms with van der Waals surface area (Å²) in [6.45, 7) is 6.76. The van der Waals surface area contributed by atoms with Gasteiger partial charge in [-0.25, -0.2) is 4.39 Å². The van der Waals surface area contributed by atoms with Crippen molar-refractivity contribution in [2.45, 2.75) is 52.5 Å². The first-order chi connectivity index (χ1) is 11.9. The molecule has 4 nitrogen and oxygen atoms in total. The molecule has 1 aromatic carbocycles. The summed E-state index contributed by atoms with van der Waals surface area (Å²) < 4.78 is 13.4.